The summed E-state index contributed by atoms with van der Waals surface area (Å²) in [4.78, 5) is 17.2. The average Bonchev–Trinajstić information content (AvgIpc) is 3.17. The van der Waals surface area contributed by atoms with Crippen LogP contribution in [0.2, 0.25) is 0 Å². The van der Waals surface area contributed by atoms with Gasteiger partial charge in [0, 0.05) is 57.4 Å². The molecular weight excluding hydrogens is 352 g/mol. The van der Waals surface area contributed by atoms with Crippen LogP contribution in [0.5, 0.6) is 0 Å². The Labute approximate surface area is 155 Å². The molecule has 3 rings (SSSR count). The molecule has 8 heteroatoms. The third kappa shape index (κ3) is 4.32. The van der Waals surface area contributed by atoms with Crippen LogP contribution in [-0.2, 0) is 10.0 Å². The molecule has 1 unspecified atom stereocenters. The van der Waals surface area contributed by atoms with Crippen LogP contribution in [0.1, 0.15) is 16.8 Å². The summed E-state index contributed by atoms with van der Waals surface area (Å²) in [6.07, 6.45) is 2.44. The topological polar surface area (TPSA) is 81.8 Å². The number of amides is 1. The number of sulfonamides is 1. The first kappa shape index (κ1) is 19.0. The first-order valence-corrected chi connectivity index (χ1v) is 10.4. The zero-order valence-electron chi connectivity index (χ0n) is 14.9. The molecule has 1 atom stereocenters. The van der Waals surface area contributed by atoms with Gasteiger partial charge in [-0.2, -0.15) is 0 Å². The molecule has 26 heavy (non-hydrogen) atoms. The van der Waals surface area contributed by atoms with Crippen molar-refractivity contribution in [2.45, 2.75) is 17.4 Å². The van der Waals surface area contributed by atoms with Crippen LogP contribution in [0.4, 0.5) is 0 Å². The molecule has 2 saturated heterocycles. The van der Waals surface area contributed by atoms with Gasteiger partial charge in [0.1, 0.15) is 0 Å². The van der Waals surface area contributed by atoms with Crippen molar-refractivity contribution in [1.82, 2.24) is 19.8 Å². The van der Waals surface area contributed by atoms with Gasteiger partial charge in [-0.15, -0.1) is 6.58 Å². The van der Waals surface area contributed by atoms with Gasteiger partial charge in [-0.1, -0.05) is 12.1 Å². The van der Waals surface area contributed by atoms with Crippen molar-refractivity contribution < 1.29 is 13.2 Å². The Balaban J connectivity index is 1.68. The van der Waals surface area contributed by atoms with Crippen molar-refractivity contribution in [3.8, 4) is 0 Å². The van der Waals surface area contributed by atoms with Crippen LogP contribution in [-0.4, -0.2) is 76.0 Å². The highest BCUT2D eigenvalue weighted by molar-refractivity contribution is 7.89. The second-order valence-corrected chi connectivity index (χ2v) is 8.41. The first-order chi connectivity index (χ1) is 12.5. The van der Waals surface area contributed by atoms with Gasteiger partial charge in [-0.3, -0.25) is 9.69 Å². The van der Waals surface area contributed by atoms with E-state index in [9.17, 15) is 13.2 Å². The van der Waals surface area contributed by atoms with E-state index in [4.69, 9.17) is 0 Å². The predicted molar refractivity (Wildman–Crippen MR) is 101 cm³/mol. The van der Waals surface area contributed by atoms with E-state index in [-0.39, 0.29) is 17.3 Å². The number of nitrogens with one attached hydrogen (secondary N) is 2. The monoisotopic (exact) mass is 378 g/mol. The molecule has 7 nitrogen and oxygen atoms in total. The number of piperazine rings is 1. The molecule has 0 aromatic heterocycles. The summed E-state index contributed by atoms with van der Waals surface area (Å²) in [5.41, 5.74) is 0.410. The molecule has 2 fully saturated rings. The molecule has 0 aliphatic carbocycles. The van der Waals surface area contributed by atoms with E-state index in [1.165, 1.54) is 18.2 Å². The third-order valence-electron chi connectivity index (χ3n) is 4.93. The maximum Gasteiger partial charge on any atom is 0.253 e. The van der Waals surface area contributed by atoms with Crippen molar-refractivity contribution >= 4 is 15.9 Å². The number of carbonyl (C=O) groups excluding carboxylic acids is 1. The number of rotatable bonds is 6. The van der Waals surface area contributed by atoms with E-state index >= 15 is 0 Å². The van der Waals surface area contributed by atoms with Gasteiger partial charge in [0.2, 0.25) is 10.0 Å². The maximum absolute atomic E-state index is 12.8. The van der Waals surface area contributed by atoms with Gasteiger partial charge in [0.15, 0.2) is 0 Å². The van der Waals surface area contributed by atoms with E-state index in [0.29, 0.717) is 24.7 Å². The van der Waals surface area contributed by atoms with Crippen LogP contribution in [0.15, 0.2) is 41.8 Å². The summed E-state index contributed by atoms with van der Waals surface area (Å²) >= 11 is 0. The number of carbonyl (C=O) groups is 1. The van der Waals surface area contributed by atoms with Crippen LogP contribution in [0.25, 0.3) is 0 Å². The van der Waals surface area contributed by atoms with Crippen LogP contribution in [0.3, 0.4) is 0 Å². The summed E-state index contributed by atoms with van der Waals surface area (Å²) in [7, 11) is -3.64. The van der Waals surface area contributed by atoms with Crippen LogP contribution < -0.4 is 10.0 Å². The Morgan fingerprint density at radius 3 is 2.81 bits per heavy atom. The lowest BCUT2D eigenvalue weighted by Gasteiger charge is -2.32. The molecule has 1 aromatic rings. The SMILES string of the molecule is C=CCNS(=O)(=O)c1cccc(C(=O)N2CCC(N3CCNCC3)C2)c1. The molecule has 0 saturated carbocycles. The molecule has 1 amide bonds. The van der Waals surface area contributed by atoms with Crippen molar-refractivity contribution in [2.24, 2.45) is 0 Å². The fraction of sp³-hybridized carbons (Fsp3) is 0.500. The van der Waals surface area contributed by atoms with Crippen LogP contribution >= 0.6 is 0 Å². The average molecular weight is 378 g/mol. The van der Waals surface area contributed by atoms with Crippen molar-refractivity contribution in [2.75, 3.05) is 45.8 Å². The Kier molecular flexibility index (Phi) is 6.08. The van der Waals surface area contributed by atoms with Crippen molar-refractivity contribution in [1.29, 1.82) is 0 Å². The molecule has 2 aliphatic heterocycles. The minimum absolute atomic E-state index is 0.100. The van der Waals surface area contributed by atoms with E-state index in [2.05, 4.69) is 21.5 Å². The number of hydrogen-bond donors (Lipinski definition) is 2. The highest BCUT2D eigenvalue weighted by Crippen LogP contribution is 2.20. The minimum Gasteiger partial charge on any atom is -0.337 e. The fourth-order valence-electron chi connectivity index (χ4n) is 3.50. The standard InChI is InChI=1S/C18H26N4O3S/c1-2-7-20-26(24,25)17-5-3-4-15(13-17)18(23)22-10-6-16(14-22)21-11-8-19-9-12-21/h2-5,13,16,19-20H,1,6-12,14H2. The zero-order valence-corrected chi connectivity index (χ0v) is 15.7. The fourth-order valence-corrected chi connectivity index (χ4v) is 4.55. The maximum atomic E-state index is 12.8. The smallest absolute Gasteiger partial charge is 0.253 e. The molecular formula is C18H26N4O3S. The van der Waals surface area contributed by atoms with Gasteiger partial charge < -0.3 is 10.2 Å². The number of benzene rings is 1. The molecule has 2 heterocycles. The van der Waals surface area contributed by atoms with Crippen molar-refractivity contribution in [3.05, 3.63) is 42.5 Å². The lowest BCUT2D eigenvalue weighted by atomic mass is 10.2. The van der Waals surface area contributed by atoms with Gasteiger partial charge >= 0.3 is 0 Å². The van der Waals surface area contributed by atoms with Crippen LogP contribution in [0, 0.1) is 0 Å². The molecule has 2 aliphatic rings. The van der Waals surface area contributed by atoms with Gasteiger partial charge in [0.05, 0.1) is 4.90 Å². The highest BCUT2D eigenvalue weighted by atomic mass is 32.2. The summed E-state index contributed by atoms with van der Waals surface area (Å²) in [5, 5.41) is 3.34. The molecule has 1 aromatic carbocycles. The van der Waals surface area contributed by atoms with Crippen molar-refractivity contribution in [3.63, 3.8) is 0 Å². The minimum atomic E-state index is -3.64. The van der Waals surface area contributed by atoms with Gasteiger partial charge in [-0.25, -0.2) is 13.1 Å². The third-order valence-corrected chi connectivity index (χ3v) is 6.35. The summed E-state index contributed by atoms with van der Waals surface area (Å²) in [6, 6.07) is 6.62. The Morgan fingerprint density at radius 1 is 1.31 bits per heavy atom. The Morgan fingerprint density at radius 2 is 2.08 bits per heavy atom. The van der Waals surface area contributed by atoms with E-state index < -0.39 is 10.0 Å². The molecule has 142 valence electrons. The predicted octanol–water partition coefficient (Wildman–Crippen LogP) is 0.271. The second-order valence-electron chi connectivity index (χ2n) is 6.65. The Hall–Kier alpha value is -1.74. The van der Waals surface area contributed by atoms with Gasteiger partial charge in [-0.05, 0) is 24.6 Å². The number of hydrogen-bond acceptors (Lipinski definition) is 5. The lowest BCUT2D eigenvalue weighted by Crippen LogP contribution is -2.49. The summed E-state index contributed by atoms with van der Waals surface area (Å²) in [5.74, 6) is -0.108. The lowest BCUT2D eigenvalue weighted by molar-refractivity contribution is 0.0773. The largest absolute Gasteiger partial charge is 0.337 e. The molecule has 0 spiro atoms. The summed E-state index contributed by atoms with van der Waals surface area (Å²) < 4.78 is 26.9. The van der Waals surface area contributed by atoms with E-state index in [1.807, 2.05) is 4.90 Å². The highest BCUT2D eigenvalue weighted by Gasteiger charge is 2.31. The Bertz CT molecular complexity index is 759. The van der Waals surface area contributed by atoms with Gasteiger partial charge in [0.25, 0.3) is 5.91 Å². The molecule has 0 bridgehead atoms. The quantitative estimate of drug-likeness (QED) is 0.695. The second kappa shape index (κ2) is 8.30. The number of nitrogens with zero attached hydrogens (tertiary/aromatic N) is 2. The molecule has 0 radical (unpaired) electrons. The van der Waals surface area contributed by atoms with E-state index in [0.717, 1.165) is 32.6 Å². The first-order valence-electron chi connectivity index (χ1n) is 8.96. The van der Waals surface area contributed by atoms with E-state index in [1.54, 1.807) is 12.1 Å². The zero-order chi connectivity index (χ0) is 18.6. The normalized spacial score (nSPS) is 21.7. The number of likely N-dealkylation sites (tertiary alicyclic amines) is 1. The molecule has 2 N–H and O–H groups in total. The summed E-state index contributed by atoms with van der Waals surface area (Å²) in [6.45, 7) is 9.06.